The Hall–Kier alpha value is 0.480. The second-order valence-electron chi connectivity index (χ2n) is 3.46. The second kappa shape index (κ2) is 11.3. The van der Waals surface area contributed by atoms with Crippen LogP contribution in [0.3, 0.4) is 0 Å². The summed E-state index contributed by atoms with van der Waals surface area (Å²) in [6, 6.07) is 0. The van der Waals surface area contributed by atoms with E-state index in [0.717, 1.165) is 12.8 Å². The molecule has 0 aromatic carbocycles. The first-order chi connectivity index (χ1) is 8.60. The van der Waals surface area contributed by atoms with Gasteiger partial charge in [0.2, 0.25) is 0 Å². The molecule has 0 spiro atoms. The highest BCUT2D eigenvalue weighted by Crippen LogP contribution is 2.37. The highest BCUT2D eigenvalue weighted by atomic mass is 33.1. The molecule has 0 aromatic heterocycles. The van der Waals surface area contributed by atoms with Gasteiger partial charge in [0.25, 0.3) is 0 Å². The maximum atomic E-state index is 11.9. The van der Waals surface area contributed by atoms with Gasteiger partial charge in [0, 0.05) is 0 Å². The molecule has 0 heterocycles. The highest BCUT2D eigenvalue weighted by molar-refractivity contribution is 8.79. The smallest absolute Gasteiger partial charge is 0.0942 e. The van der Waals surface area contributed by atoms with Gasteiger partial charge in [-0.1, -0.05) is 47.6 Å². The Labute approximate surface area is 124 Å². The zero-order valence-corrected chi connectivity index (χ0v) is 14.6. The molecule has 0 aliphatic carbocycles. The van der Waals surface area contributed by atoms with E-state index in [-0.39, 0.29) is 9.16 Å². The topological polar surface area (TPSA) is 34.1 Å². The molecule has 0 N–H and O–H groups in total. The highest BCUT2D eigenvalue weighted by Gasteiger charge is 2.19. The molecule has 2 nitrogen and oxygen atoms in total. The van der Waals surface area contributed by atoms with Crippen molar-refractivity contribution in [2.75, 3.05) is 0 Å². The predicted molar refractivity (Wildman–Crippen MR) is 89.3 cm³/mol. The van der Waals surface area contributed by atoms with Crippen LogP contribution in [0.1, 0.15) is 40.5 Å². The van der Waals surface area contributed by atoms with Crippen molar-refractivity contribution in [2.45, 2.75) is 49.7 Å². The summed E-state index contributed by atoms with van der Waals surface area (Å²) in [6.07, 6.45) is 5.33. The Kier molecular flexibility index (Phi) is 11.6. The maximum Gasteiger partial charge on any atom is 0.0942 e. The number of rotatable bonds is 9. The first-order valence-corrected chi connectivity index (χ1v) is 10.8. The maximum absolute atomic E-state index is 11.9. The van der Waals surface area contributed by atoms with Crippen molar-refractivity contribution in [1.29, 1.82) is 0 Å². The van der Waals surface area contributed by atoms with E-state index >= 15 is 0 Å². The predicted octanol–water partition coefficient (Wildman–Crippen LogP) is 4.40. The van der Waals surface area contributed by atoms with Crippen LogP contribution in [0.15, 0.2) is 23.0 Å². The quantitative estimate of drug-likeness (QED) is 0.588. The largest absolute Gasteiger partial charge is 0.254 e. The Bertz CT molecular complexity index is 294. The molecule has 0 amide bonds. The van der Waals surface area contributed by atoms with Gasteiger partial charge in [0.15, 0.2) is 0 Å². The van der Waals surface area contributed by atoms with E-state index in [1.807, 2.05) is 39.8 Å². The van der Waals surface area contributed by atoms with Gasteiger partial charge in [-0.05, 0) is 37.5 Å². The molecule has 0 aromatic rings. The molecule has 4 atom stereocenters. The SMILES string of the molecule is C/C=C/S(=O)C(CC)SSC(CC)S(=O)/C=C/C. The van der Waals surface area contributed by atoms with Crippen molar-refractivity contribution in [3.63, 3.8) is 0 Å². The zero-order chi connectivity index (χ0) is 14.0. The molecule has 0 saturated heterocycles. The van der Waals surface area contributed by atoms with Gasteiger partial charge in [-0.2, -0.15) is 0 Å². The van der Waals surface area contributed by atoms with Gasteiger partial charge in [0.1, 0.15) is 0 Å². The lowest BCUT2D eigenvalue weighted by atomic mass is 10.6. The van der Waals surface area contributed by atoms with Crippen molar-refractivity contribution in [3.05, 3.63) is 23.0 Å². The molecule has 0 saturated carbocycles. The van der Waals surface area contributed by atoms with Gasteiger partial charge in [-0.15, -0.1) is 0 Å². The lowest BCUT2D eigenvalue weighted by molar-refractivity contribution is 0.684. The Morgan fingerprint density at radius 1 is 0.889 bits per heavy atom. The second-order valence-corrected chi connectivity index (χ2v) is 9.73. The first-order valence-electron chi connectivity index (χ1n) is 5.97. The molecule has 0 fully saturated rings. The van der Waals surface area contributed by atoms with Crippen LogP contribution in [-0.4, -0.2) is 17.6 Å². The summed E-state index contributed by atoms with van der Waals surface area (Å²) in [5, 5.41) is 3.46. The van der Waals surface area contributed by atoms with E-state index in [0.29, 0.717) is 0 Å². The van der Waals surface area contributed by atoms with E-state index in [1.54, 1.807) is 32.4 Å². The lowest BCUT2D eigenvalue weighted by Crippen LogP contribution is -2.10. The van der Waals surface area contributed by atoms with Gasteiger partial charge in [-0.25, -0.2) is 0 Å². The fourth-order valence-electron chi connectivity index (χ4n) is 1.11. The Balaban J connectivity index is 4.41. The molecule has 6 heteroatoms. The fraction of sp³-hybridized carbons (Fsp3) is 0.667. The van der Waals surface area contributed by atoms with Crippen LogP contribution in [0.25, 0.3) is 0 Å². The minimum atomic E-state index is -0.949. The van der Waals surface area contributed by atoms with Gasteiger partial charge < -0.3 is 0 Å². The van der Waals surface area contributed by atoms with E-state index in [9.17, 15) is 8.42 Å². The average Bonchev–Trinajstić information content (AvgIpc) is 2.35. The Morgan fingerprint density at radius 3 is 1.44 bits per heavy atom. The third-order valence-corrected chi connectivity index (χ3v) is 10.2. The number of hydrogen-bond donors (Lipinski definition) is 0. The molecular formula is C12H22O2S4. The van der Waals surface area contributed by atoms with E-state index in [2.05, 4.69) is 0 Å². The van der Waals surface area contributed by atoms with Crippen LogP contribution in [-0.2, 0) is 21.6 Å². The molecule has 0 aliphatic rings. The lowest BCUT2D eigenvalue weighted by Gasteiger charge is -2.15. The molecule has 0 rings (SSSR count). The third kappa shape index (κ3) is 7.16. The molecule has 0 radical (unpaired) electrons. The van der Waals surface area contributed by atoms with Crippen molar-refractivity contribution in [1.82, 2.24) is 0 Å². The van der Waals surface area contributed by atoms with Crippen LogP contribution < -0.4 is 0 Å². The summed E-state index contributed by atoms with van der Waals surface area (Å²) in [6.45, 7) is 7.81. The summed E-state index contributed by atoms with van der Waals surface area (Å²) in [7, 11) is 1.29. The minimum absolute atomic E-state index is 0.0721. The molecular weight excluding hydrogens is 304 g/mol. The van der Waals surface area contributed by atoms with Gasteiger partial charge in [0.05, 0.1) is 30.8 Å². The first kappa shape index (κ1) is 18.5. The van der Waals surface area contributed by atoms with Crippen LogP contribution in [0, 0.1) is 0 Å². The van der Waals surface area contributed by atoms with E-state index in [1.165, 1.54) is 0 Å². The summed E-state index contributed by atoms with van der Waals surface area (Å²) in [5.74, 6) is 0. The fourth-order valence-corrected chi connectivity index (χ4v) is 7.95. The van der Waals surface area contributed by atoms with Crippen molar-refractivity contribution in [2.24, 2.45) is 0 Å². The molecule has 4 unspecified atom stereocenters. The summed E-state index contributed by atoms with van der Waals surface area (Å²) in [5.41, 5.74) is 0. The summed E-state index contributed by atoms with van der Waals surface area (Å²) >= 11 is 0. The Morgan fingerprint density at radius 2 is 1.22 bits per heavy atom. The number of allylic oxidation sites excluding steroid dienone is 2. The normalized spacial score (nSPS) is 19.1. The summed E-state index contributed by atoms with van der Waals surface area (Å²) in [4.78, 5) is 0. The monoisotopic (exact) mass is 326 g/mol. The van der Waals surface area contributed by atoms with Crippen LogP contribution in [0.5, 0.6) is 0 Å². The average molecular weight is 327 g/mol. The standard InChI is InChI=1S/C12H22O2S4/c1-5-9-17(13)11(7-3)15-16-12(8-4)18(14)10-6-2/h5-6,9-12H,7-8H2,1-4H3/b9-5+,10-6+. The third-order valence-electron chi connectivity index (χ3n) is 2.00. The molecule has 0 bridgehead atoms. The minimum Gasteiger partial charge on any atom is -0.254 e. The van der Waals surface area contributed by atoms with E-state index in [4.69, 9.17) is 0 Å². The molecule has 18 heavy (non-hydrogen) atoms. The van der Waals surface area contributed by atoms with Crippen LogP contribution >= 0.6 is 21.6 Å². The van der Waals surface area contributed by atoms with Crippen molar-refractivity contribution < 1.29 is 8.42 Å². The van der Waals surface area contributed by atoms with Gasteiger partial charge >= 0.3 is 0 Å². The number of hydrogen-bond acceptors (Lipinski definition) is 4. The molecule has 0 aliphatic heterocycles. The molecule has 106 valence electrons. The summed E-state index contributed by atoms with van der Waals surface area (Å²) < 4.78 is 23.9. The van der Waals surface area contributed by atoms with Crippen LogP contribution in [0.2, 0.25) is 0 Å². The van der Waals surface area contributed by atoms with Crippen molar-refractivity contribution >= 4 is 43.2 Å². The van der Waals surface area contributed by atoms with Crippen LogP contribution in [0.4, 0.5) is 0 Å². The zero-order valence-electron chi connectivity index (χ0n) is 11.3. The van der Waals surface area contributed by atoms with E-state index < -0.39 is 21.6 Å². The van der Waals surface area contributed by atoms with Crippen molar-refractivity contribution in [3.8, 4) is 0 Å². The van der Waals surface area contributed by atoms with Gasteiger partial charge in [-0.3, -0.25) is 8.42 Å².